The molecule has 2 aliphatic heterocycles. The maximum absolute atomic E-state index is 5.35. The Morgan fingerprint density at radius 1 is 1.26 bits per heavy atom. The molecule has 0 aliphatic carbocycles. The van der Waals surface area contributed by atoms with Crippen molar-refractivity contribution in [2.24, 2.45) is 0 Å². The topological polar surface area (TPSA) is 63.4 Å². The first-order valence-electron chi connectivity index (χ1n) is 7.28. The van der Waals surface area contributed by atoms with Gasteiger partial charge in [0, 0.05) is 26.1 Å². The fraction of sp³-hybridized carbons (Fsp3) is 0.846. The van der Waals surface area contributed by atoms with E-state index >= 15 is 0 Å². The lowest BCUT2D eigenvalue weighted by Crippen LogP contribution is -2.37. The SMILES string of the molecule is C1CCC(c2noc(CCN3CCOCC3)n2)NC1. The molecule has 1 N–H and O–H groups in total. The predicted octanol–water partition coefficient (Wildman–Crippen LogP) is 0.759. The molecule has 0 spiro atoms. The summed E-state index contributed by atoms with van der Waals surface area (Å²) < 4.78 is 10.7. The summed E-state index contributed by atoms with van der Waals surface area (Å²) in [5.74, 6) is 1.59. The number of nitrogens with one attached hydrogen (secondary N) is 1. The van der Waals surface area contributed by atoms with E-state index in [-0.39, 0.29) is 6.04 Å². The van der Waals surface area contributed by atoms with Crippen LogP contribution in [0.5, 0.6) is 0 Å². The fourth-order valence-corrected chi connectivity index (χ4v) is 2.66. The summed E-state index contributed by atoms with van der Waals surface area (Å²) in [5, 5.41) is 7.55. The van der Waals surface area contributed by atoms with E-state index < -0.39 is 0 Å². The molecule has 2 fully saturated rings. The van der Waals surface area contributed by atoms with Gasteiger partial charge in [-0.1, -0.05) is 11.6 Å². The second kappa shape index (κ2) is 6.45. The van der Waals surface area contributed by atoms with Crippen LogP contribution >= 0.6 is 0 Å². The zero-order valence-electron chi connectivity index (χ0n) is 11.3. The molecule has 1 aromatic rings. The van der Waals surface area contributed by atoms with E-state index in [1.165, 1.54) is 12.8 Å². The second-order valence-corrected chi connectivity index (χ2v) is 5.25. The number of aromatic nitrogens is 2. The van der Waals surface area contributed by atoms with Crippen LogP contribution in [0.15, 0.2) is 4.52 Å². The number of rotatable bonds is 4. The Bertz CT molecular complexity index is 384. The van der Waals surface area contributed by atoms with Crippen LogP contribution in [-0.4, -0.2) is 54.4 Å². The summed E-state index contributed by atoms with van der Waals surface area (Å²) >= 11 is 0. The minimum Gasteiger partial charge on any atom is -0.379 e. The zero-order chi connectivity index (χ0) is 12.9. The highest BCUT2D eigenvalue weighted by atomic mass is 16.5. The van der Waals surface area contributed by atoms with Gasteiger partial charge in [-0.25, -0.2) is 0 Å². The average Bonchev–Trinajstić information content (AvgIpc) is 2.96. The molecule has 1 unspecified atom stereocenters. The summed E-state index contributed by atoms with van der Waals surface area (Å²) in [5.41, 5.74) is 0. The van der Waals surface area contributed by atoms with Gasteiger partial charge in [-0.15, -0.1) is 0 Å². The average molecular weight is 266 g/mol. The Hall–Kier alpha value is -0.980. The van der Waals surface area contributed by atoms with Gasteiger partial charge < -0.3 is 14.6 Å². The quantitative estimate of drug-likeness (QED) is 0.868. The fourth-order valence-electron chi connectivity index (χ4n) is 2.66. The van der Waals surface area contributed by atoms with Crippen LogP contribution in [-0.2, 0) is 11.2 Å². The normalized spacial score (nSPS) is 25.6. The lowest BCUT2D eigenvalue weighted by Gasteiger charge is -2.25. The van der Waals surface area contributed by atoms with Crippen molar-refractivity contribution >= 4 is 0 Å². The standard InChI is InChI=1S/C13H22N4O2/c1-2-5-14-11(3-1)13-15-12(19-16-13)4-6-17-7-9-18-10-8-17/h11,14H,1-10H2. The smallest absolute Gasteiger partial charge is 0.227 e. The van der Waals surface area contributed by atoms with Gasteiger partial charge in [0.15, 0.2) is 5.82 Å². The van der Waals surface area contributed by atoms with Crippen molar-refractivity contribution in [3.05, 3.63) is 11.7 Å². The van der Waals surface area contributed by atoms with E-state index in [0.29, 0.717) is 0 Å². The molecule has 106 valence electrons. The van der Waals surface area contributed by atoms with Crippen molar-refractivity contribution in [1.29, 1.82) is 0 Å². The first kappa shape index (κ1) is 13.0. The molecule has 0 saturated carbocycles. The molecular formula is C13H22N4O2. The molecule has 3 rings (SSSR count). The van der Waals surface area contributed by atoms with Crippen LogP contribution in [0.3, 0.4) is 0 Å². The maximum Gasteiger partial charge on any atom is 0.227 e. The van der Waals surface area contributed by atoms with Crippen molar-refractivity contribution in [3.8, 4) is 0 Å². The number of hydrogen-bond donors (Lipinski definition) is 1. The molecule has 0 radical (unpaired) electrons. The van der Waals surface area contributed by atoms with Crippen molar-refractivity contribution in [3.63, 3.8) is 0 Å². The van der Waals surface area contributed by atoms with Crippen LogP contribution < -0.4 is 5.32 Å². The van der Waals surface area contributed by atoms with Gasteiger partial charge in [0.25, 0.3) is 0 Å². The third-order valence-corrected chi connectivity index (χ3v) is 3.85. The molecule has 0 aromatic carbocycles. The van der Waals surface area contributed by atoms with Gasteiger partial charge in [0.1, 0.15) is 0 Å². The third-order valence-electron chi connectivity index (χ3n) is 3.85. The van der Waals surface area contributed by atoms with E-state index in [1.54, 1.807) is 0 Å². The molecular weight excluding hydrogens is 244 g/mol. The van der Waals surface area contributed by atoms with Crippen LogP contribution in [0, 0.1) is 0 Å². The highest BCUT2D eigenvalue weighted by molar-refractivity contribution is 4.96. The largest absolute Gasteiger partial charge is 0.379 e. The summed E-state index contributed by atoms with van der Waals surface area (Å²) in [6.45, 7) is 5.71. The Morgan fingerprint density at radius 3 is 2.95 bits per heavy atom. The Morgan fingerprint density at radius 2 is 2.16 bits per heavy atom. The number of nitrogens with zero attached hydrogens (tertiary/aromatic N) is 3. The van der Waals surface area contributed by atoms with Gasteiger partial charge in [-0.2, -0.15) is 4.98 Å². The van der Waals surface area contributed by atoms with Crippen molar-refractivity contribution in [2.45, 2.75) is 31.7 Å². The van der Waals surface area contributed by atoms with Crippen LogP contribution in [0.2, 0.25) is 0 Å². The number of piperidine rings is 1. The van der Waals surface area contributed by atoms with Crippen molar-refractivity contribution < 1.29 is 9.26 Å². The van der Waals surface area contributed by atoms with Gasteiger partial charge in [-0.3, -0.25) is 4.90 Å². The maximum atomic E-state index is 5.35. The molecule has 1 atom stereocenters. The zero-order valence-corrected chi connectivity index (χ0v) is 11.3. The molecule has 0 amide bonds. The van der Waals surface area contributed by atoms with E-state index in [9.17, 15) is 0 Å². The molecule has 0 bridgehead atoms. The molecule has 1 aromatic heterocycles. The molecule has 2 aliphatic rings. The van der Waals surface area contributed by atoms with Gasteiger partial charge in [0.2, 0.25) is 5.89 Å². The lowest BCUT2D eigenvalue weighted by atomic mass is 10.0. The van der Waals surface area contributed by atoms with E-state index in [2.05, 4.69) is 20.4 Å². The minimum absolute atomic E-state index is 0.287. The van der Waals surface area contributed by atoms with Crippen LogP contribution in [0.25, 0.3) is 0 Å². The van der Waals surface area contributed by atoms with Gasteiger partial charge in [0.05, 0.1) is 19.3 Å². The Balaban J connectivity index is 1.49. The third kappa shape index (κ3) is 3.52. The first-order valence-corrected chi connectivity index (χ1v) is 7.28. The monoisotopic (exact) mass is 266 g/mol. The van der Waals surface area contributed by atoms with Crippen LogP contribution in [0.1, 0.15) is 37.0 Å². The minimum atomic E-state index is 0.287. The lowest BCUT2D eigenvalue weighted by molar-refractivity contribution is 0.0375. The highest BCUT2D eigenvalue weighted by Gasteiger charge is 2.20. The first-order chi connectivity index (χ1) is 9.42. The van der Waals surface area contributed by atoms with Crippen LogP contribution in [0.4, 0.5) is 0 Å². The summed E-state index contributed by atoms with van der Waals surface area (Å²) in [4.78, 5) is 6.90. The number of morpholine rings is 1. The summed E-state index contributed by atoms with van der Waals surface area (Å²) in [6, 6.07) is 0.287. The Labute approximate surface area is 113 Å². The van der Waals surface area contributed by atoms with Gasteiger partial charge in [-0.05, 0) is 19.4 Å². The molecule has 19 heavy (non-hydrogen) atoms. The number of ether oxygens (including phenoxy) is 1. The highest BCUT2D eigenvalue weighted by Crippen LogP contribution is 2.20. The van der Waals surface area contributed by atoms with Gasteiger partial charge >= 0.3 is 0 Å². The van der Waals surface area contributed by atoms with Crippen molar-refractivity contribution in [2.75, 3.05) is 39.4 Å². The molecule has 6 nitrogen and oxygen atoms in total. The molecule has 3 heterocycles. The second-order valence-electron chi connectivity index (χ2n) is 5.25. The Kier molecular flexibility index (Phi) is 4.42. The van der Waals surface area contributed by atoms with E-state index in [0.717, 1.165) is 63.9 Å². The predicted molar refractivity (Wildman–Crippen MR) is 69.9 cm³/mol. The molecule has 6 heteroatoms. The molecule has 2 saturated heterocycles. The van der Waals surface area contributed by atoms with E-state index in [4.69, 9.17) is 9.26 Å². The van der Waals surface area contributed by atoms with E-state index in [1.807, 2.05) is 0 Å². The number of hydrogen-bond acceptors (Lipinski definition) is 6. The summed E-state index contributed by atoms with van der Waals surface area (Å²) in [7, 11) is 0. The van der Waals surface area contributed by atoms with Crippen molar-refractivity contribution in [1.82, 2.24) is 20.4 Å². The summed E-state index contributed by atoms with van der Waals surface area (Å²) in [6.07, 6.45) is 4.44.